The molecule has 1 N–H and O–H groups in total. The SMILES string of the molecule is CC(CC1CC1)Nc1cncnc1. The van der Waals surface area contributed by atoms with Crippen LogP contribution in [0.4, 0.5) is 5.69 Å². The molecule has 2 rings (SSSR count). The summed E-state index contributed by atoms with van der Waals surface area (Å²) in [4.78, 5) is 7.92. The molecule has 0 aliphatic heterocycles. The zero-order valence-corrected chi connectivity index (χ0v) is 7.90. The van der Waals surface area contributed by atoms with E-state index >= 15 is 0 Å². The van der Waals surface area contributed by atoms with Gasteiger partial charge < -0.3 is 5.32 Å². The van der Waals surface area contributed by atoms with E-state index in [4.69, 9.17) is 0 Å². The van der Waals surface area contributed by atoms with Crippen LogP contribution in [0.3, 0.4) is 0 Å². The van der Waals surface area contributed by atoms with Crippen molar-refractivity contribution in [3.8, 4) is 0 Å². The first-order valence-corrected chi connectivity index (χ1v) is 4.86. The average Bonchev–Trinajstić information content (AvgIpc) is 2.90. The predicted octanol–water partition coefficient (Wildman–Crippen LogP) is 2.08. The standard InChI is InChI=1S/C10H15N3/c1-8(4-9-2-3-9)13-10-5-11-7-12-6-10/h5-9,13H,2-4H2,1H3. The third kappa shape index (κ3) is 2.68. The molecule has 0 bridgehead atoms. The minimum absolute atomic E-state index is 0.540. The second kappa shape index (κ2) is 3.73. The number of hydrogen-bond acceptors (Lipinski definition) is 3. The van der Waals surface area contributed by atoms with Gasteiger partial charge in [-0.1, -0.05) is 12.8 Å². The van der Waals surface area contributed by atoms with Gasteiger partial charge in [-0.2, -0.15) is 0 Å². The molecule has 1 unspecified atom stereocenters. The minimum atomic E-state index is 0.540. The van der Waals surface area contributed by atoms with Crippen LogP contribution < -0.4 is 5.32 Å². The van der Waals surface area contributed by atoms with E-state index in [9.17, 15) is 0 Å². The van der Waals surface area contributed by atoms with Gasteiger partial charge in [0.05, 0.1) is 18.1 Å². The van der Waals surface area contributed by atoms with E-state index in [0.29, 0.717) is 6.04 Å². The Morgan fingerprint density at radius 3 is 2.77 bits per heavy atom. The van der Waals surface area contributed by atoms with Crippen LogP contribution in [0.25, 0.3) is 0 Å². The largest absolute Gasteiger partial charge is 0.380 e. The molecule has 13 heavy (non-hydrogen) atoms. The second-order valence-corrected chi connectivity index (χ2v) is 3.85. The molecule has 1 heterocycles. The van der Waals surface area contributed by atoms with E-state index in [0.717, 1.165) is 11.6 Å². The Labute approximate surface area is 78.6 Å². The van der Waals surface area contributed by atoms with Crippen molar-refractivity contribution in [2.75, 3.05) is 5.32 Å². The lowest BCUT2D eigenvalue weighted by atomic mass is 10.1. The van der Waals surface area contributed by atoms with Crippen molar-refractivity contribution in [2.45, 2.75) is 32.2 Å². The highest BCUT2D eigenvalue weighted by Crippen LogP contribution is 2.33. The van der Waals surface area contributed by atoms with Crippen molar-refractivity contribution in [2.24, 2.45) is 5.92 Å². The Bertz CT molecular complexity index is 256. The van der Waals surface area contributed by atoms with Gasteiger partial charge in [-0.3, -0.25) is 0 Å². The summed E-state index contributed by atoms with van der Waals surface area (Å²) in [6.07, 6.45) is 9.28. The molecule has 1 aliphatic carbocycles. The summed E-state index contributed by atoms with van der Waals surface area (Å²) in [7, 11) is 0. The fourth-order valence-electron chi connectivity index (χ4n) is 1.57. The summed E-state index contributed by atoms with van der Waals surface area (Å²) in [5, 5.41) is 3.39. The molecule has 3 heteroatoms. The zero-order chi connectivity index (χ0) is 9.10. The average molecular weight is 177 g/mol. The van der Waals surface area contributed by atoms with E-state index in [2.05, 4.69) is 22.2 Å². The Balaban J connectivity index is 1.82. The molecule has 0 aromatic carbocycles. The first-order chi connectivity index (χ1) is 6.34. The highest BCUT2D eigenvalue weighted by molar-refractivity contribution is 5.38. The predicted molar refractivity (Wildman–Crippen MR) is 52.5 cm³/mol. The third-order valence-electron chi connectivity index (χ3n) is 2.36. The van der Waals surface area contributed by atoms with E-state index in [1.54, 1.807) is 6.33 Å². The summed E-state index contributed by atoms with van der Waals surface area (Å²) in [5.41, 5.74) is 1.02. The monoisotopic (exact) mass is 177 g/mol. The van der Waals surface area contributed by atoms with E-state index < -0.39 is 0 Å². The molecule has 1 fully saturated rings. The maximum atomic E-state index is 3.96. The first kappa shape index (κ1) is 8.48. The lowest BCUT2D eigenvalue weighted by molar-refractivity contribution is 0.641. The lowest BCUT2D eigenvalue weighted by Gasteiger charge is -2.13. The summed E-state index contributed by atoms with van der Waals surface area (Å²) in [6.45, 7) is 2.21. The third-order valence-corrected chi connectivity index (χ3v) is 2.36. The molecule has 0 spiro atoms. The Hall–Kier alpha value is -1.12. The van der Waals surface area contributed by atoms with Gasteiger partial charge >= 0.3 is 0 Å². The maximum absolute atomic E-state index is 3.96. The summed E-state index contributed by atoms with van der Waals surface area (Å²) in [5.74, 6) is 0.965. The minimum Gasteiger partial charge on any atom is -0.380 e. The fraction of sp³-hybridized carbons (Fsp3) is 0.600. The molecule has 0 saturated heterocycles. The number of anilines is 1. The smallest absolute Gasteiger partial charge is 0.115 e. The van der Waals surface area contributed by atoms with Crippen LogP contribution >= 0.6 is 0 Å². The fourth-order valence-corrected chi connectivity index (χ4v) is 1.57. The quantitative estimate of drug-likeness (QED) is 0.765. The van der Waals surface area contributed by atoms with Gasteiger partial charge in [0.1, 0.15) is 6.33 Å². The van der Waals surface area contributed by atoms with Gasteiger partial charge in [0.25, 0.3) is 0 Å². The van der Waals surface area contributed by atoms with Crippen molar-refractivity contribution < 1.29 is 0 Å². The lowest BCUT2D eigenvalue weighted by Crippen LogP contribution is -2.15. The van der Waals surface area contributed by atoms with Gasteiger partial charge in [-0.05, 0) is 19.3 Å². The molecule has 0 radical (unpaired) electrons. The normalized spacial score (nSPS) is 18.2. The van der Waals surface area contributed by atoms with E-state index in [1.165, 1.54) is 19.3 Å². The van der Waals surface area contributed by atoms with Crippen LogP contribution in [0, 0.1) is 5.92 Å². The molecule has 1 aromatic heterocycles. The van der Waals surface area contributed by atoms with Crippen molar-refractivity contribution in [1.82, 2.24) is 9.97 Å². The molecular formula is C10H15N3. The highest BCUT2D eigenvalue weighted by atomic mass is 15.0. The summed E-state index contributed by atoms with van der Waals surface area (Å²) >= 11 is 0. The molecule has 3 nitrogen and oxygen atoms in total. The maximum Gasteiger partial charge on any atom is 0.115 e. The molecule has 1 atom stereocenters. The number of rotatable bonds is 4. The van der Waals surface area contributed by atoms with Crippen LogP contribution in [-0.4, -0.2) is 16.0 Å². The van der Waals surface area contributed by atoms with Crippen molar-refractivity contribution >= 4 is 5.69 Å². The Morgan fingerprint density at radius 2 is 2.15 bits per heavy atom. The van der Waals surface area contributed by atoms with Crippen LogP contribution in [0.15, 0.2) is 18.7 Å². The van der Waals surface area contributed by atoms with E-state index in [1.807, 2.05) is 12.4 Å². The highest BCUT2D eigenvalue weighted by Gasteiger charge is 2.23. The Kier molecular flexibility index (Phi) is 2.43. The van der Waals surface area contributed by atoms with Gasteiger partial charge in [-0.15, -0.1) is 0 Å². The van der Waals surface area contributed by atoms with Gasteiger partial charge in [0.2, 0.25) is 0 Å². The van der Waals surface area contributed by atoms with Gasteiger partial charge in [0.15, 0.2) is 0 Å². The topological polar surface area (TPSA) is 37.8 Å². The van der Waals surface area contributed by atoms with Crippen LogP contribution in [0.5, 0.6) is 0 Å². The molecule has 0 amide bonds. The van der Waals surface area contributed by atoms with Crippen molar-refractivity contribution in [3.05, 3.63) is 18.7 Å². The van der Waals surface area contributed by atoms with Crippen LogP contribution in [0.1, 0.15) is 26.2 Å². The van der Waals surface area contributed by atoms with Crippen molar-refractivity contribution in [1.29, 1.82) is 0 Å². The molecular weight excluding hydrogens is 162 g/mol. The van der Waals surface area contributed by atoms with Crippen LogP contribution in [-0.2, 0) is 0 Å². The Morgan fingerprint density at radius 1 is 1.46 bits per heavy atom. The molecule has 70 valence electrons. The first-order valence-electron chi connectivity index (χ1n) is 4.86. The van der Waals surface area contributed by atoms with Gasteiger partial charge in [0, 0.05) is 6.04 Å². The number of hydrogen-bond donors (Lipinski definition) is 1. The van der Waals surface area contributed by atoms with Gasteiger partial charge in [-0.25, -0.2) is 9.97 Å². The van der Waals surface area contributed by atoms with Crippen molar-refractivity contribution in [3.63, 3.8) is 0 Å². The molecule has 1 aliphatic rings. The molecule has 1 aromatic rings. The van der Waals surface area contributed by atoms with E-state index in [-0.39, 0.29) is 0 Å². The number of aromatic nitrogens is 2. The summed E-state index contributed by atoms with van der Waals surface area (Å²) < 4.78 is 0. The number of nitrogens with one attached hydrogen (secondary N) is 1. The number of nitrogens with zero attached hydrogens (tertiary/aromatic N) is 2. The molecule has 1 saturated carbocycles. The summed E-state index contributed by atoms with van der Waals surface area (Å²) in [6, 6.07) is 0.540. The van der Waals surface area contributed by atoms with Crippen LogP contribution in [0.2, 0.25) is 0 Å². The zero-order valence-electron chi connectivity index (χ0n) is 7.90. The second-order valence-electron chi connectivity index (χ2n) is 3.85.